The number of carbonyl (C=O) groups is 1. The number of benzene rings is 3. The van der Waals surface area contributed by atoms with Crippen LogP contribution < -0.4 is 10.2 Å². The summed E-state index contributed by atoms with van der Waals surface area (Å²) in [4.78, 5) is 21.7. The number of anilines is 1. The molecule has 32 heavy (non-hydrogen) atoms. The largest absolute Gasteiger partial charge is 0.355 e. The monoisotopic (exact) mass is 448 g/mol. The van der Waals surface area contributed by atoms with Crippen LogP contribution in [0.3, 0.4) is 0 Å². The lowest BCUT2D eigenvalue weighted by Gasteiger charge is -2.34. The van der Waals surface area contributed by atoms with E-state index in [1.165, 1.54) is 6.07 Å². The summed E-state index contributed by atoms with van der Waals surface area (Å²) in [5.74, 6) is -0.165. The zero-order valence-electron chi connectivity index (χ0n) is 17.8. The minimum Gasteiger partial charge on any atom is -0.355 e. The fourth-order valence-corrected chi connectivity index (χ4v) is 5.26. The van der Waals surface area contributed by atoms with Crippen molar-refractivity contribution in [3.8, 4) is 0 Å². The van der Waals surface area contributed by atoms with E-state index in [1.54, 1.807) is 23.5 Å². The lowest BCUT2D eigenvalue weighted by atomic mass is 10.0. The second kappa shape index (κ2) is 9.22. The molecule has 0 radical (unpaired) electrons. The standard InChI is InChI=1S/C25H25FN4OS/c26-20-8-9-22-23(17-20)32-25(28-22)30-14-12-29(13-15-30)11-10-27-24(31)16-19-6-3-5-18-4-1-2-7-21(18)19/h1-9,17H,10-16H2,(H,27,31). The molecule has 0 unspecified atom stereocenters. The van der Waals surface area contributed by atoms with Gasteiger partial charge in [-0.3, -0.25) is 9.69 Å². The number of hydrogen-bond donors (Lipinski definition) is 1. The van der Waals surface area contributed by atoms with Crippen LogP contribution in [-0.4, -0.2) is 55.1 Å². The predicted octanol–water partition coefficient (Wildman–Crippen LogP) is 4.07. The molecule has 0 aliphatic carbocycles. The van der Waals surface area contributed by atoms with Gasteiger partial charge in [0, 0.05) is 39.3 Å². The highest BCUT2D eigenvalue weighted by Gasteiger charge is 2.20. The van der Waals surface area contributed by atoms with Crippen molar-refractivity contribution < 1.29 is 9.18 Å². The number of nitrogens with zero attached hydrogens (tertiary/aromatic N) is 3. The first-order chi connectivity index (χ1) is 15.7. The van der Waals surface area contributed by atoms with Crippen LogP contribution in [0.1, 0.15) is 5.56 Å². The van der Waals surface area contributed by atoms with Crippen LogP contribution in [-0.2, 0) is 11.2 Å². The Hall–Kier alpha value is -3.03. The normalized spacial score (nSPS) is 14.8. The average Bonchev–Trinajstić information content (AvgIpc) is 3.23. The Bertz CT molecular complexity index is 1240. The van der Waals surface area contributed by atoms with E-state index in [4.69, 9.17) is 0 Å². The summed E-state index contributed by atoms with van der Waals surface area (Å²) in [5, 5.41) is 6.32. The van der Waals surface area contributed by atoms with Gasteiger partial charge in [0.05, 0.1) is 16.6 Å². The van der Waals surface area contributed by atoms with E-state index in [2.05, 4.69) is 38.3 Å². The zero-order chi connectivity index (χ0) is 21.9. The van der Waals surface area contributed by atoms with Crippen molar-refractivity contribution in [1.29, 1.82) is 0 Å². The number of rotatable bonds is 6. The minimum absolute atomic E-state index is 0.0571. The number of aromatic nitrogens is 1. The molecule has 1 aliphatic heterocycles. The molecule has 0 atom stereocenters. The third-order valence-corrected chi connectivity index (χ3v) is 7.04. The van der Waals surface area contributed by atoms with Crippen LogP contribution in [0.4, 0.5) is 9.52 Å². The highest BCUT2D eigenvalue weighted by atomic mass is 32.1. The third kappa shape index (κ3) is 4.59. The van der Waals surface area contributed by atoms with Crippen LogP contribution in [0.5, 0.6) is 0 Å². The van der Waals surface area contributed by atoms with E-state index >= 15 is 0 Å². The Morgan fingerprint density at radius 2 is 1.84 bits per heavy atom. The van der Waals surface area contributed by atoms with Gasteiger partial charge in [-0.15, -0.1) is 0 Å². The highest BCUT2D eigenvalue weighted by molar-refractivity contribution is 7.22. The first-order valence-corrected chi connectivity index (χ1v) is 11.7. The molecule has 5 rings (SSSR count). The van der Waals surface area contributed by atoms with Gasteiger partial charge < -0.3 is 10.2 Å². The molecule has 0 saturated carbocycles. The molecule has 5 nitrogen and oxygen atoms in total. The topological polar surface area (TPSA) is 48.5 Å². The number of carbonyl (C=O) groups excluding carboxylic acids is 1. The first kappa shape index (κ1) is 20.8. The number of fused-ring (bicyclic) bond motifs is 2. The molecule has 0 spiro atoms. The molecule has 164 valence electrons. The van der Waals surface area contributed by atoms with E-state index in [9.17, 15) is 9.18 Å². The van der Waals surface area contributed by atoms with Gasteiger partial charge in [-0.1, -0.05) is 53.8 Å². The van der Waals surface area contributed by atoms with Gasteiger partial charge in [-0.05, 0) is 34.5 Å². The van der Waals surface area contributed by atoms with Crippen molar-refractivity contribution in [2.75, 3.05) is 44.2 Å². The maximum atomic E-state index is 13.4. The number of halogens is 1. The molecule has 1 N–H and O–H groups in total. The van der Waals surface area contributed by atoms with Gasteiger partial charge in [0.15, 0.2) is 5.13 Å². The smallest absolute Gasteiger partial charge is 0.224 e. The lowest BCUT2D eigenvalue weighted by Crippen LogP contribution is -2.48. The van der Waals surface area contributed by atoms with Crippen molar-refractivity contribution in [3.63, 3.8) is 0 Å². The maximum Gasteiger partial charge on any atom is 0.224 e. The van der Waals surface area contributed by atoms with Crippen molar-refractivity contribution in [2.45, 2.75) is 6.42 Å². The Balaban J connectivity index is 1.09. The Morgan fingerprint density at radius 1 is 1.03 bits per heavy atom. The minimum atomic E-state index is -0.222. The van der Waals surface area contributed by atoms with E-state index in [1.807, 2.05) is 24.3 Å². The van der Waals surface area contributed by atoms with Crippen molar-refractivity contribution in [2.24, 2.45) is 0 Å². The van der Waals surface area contributed by atoms with Crippen LogP contribution in [0.25, 0.3) is 21.0 Å². The molecule has 4 aromatic rings. The van der Waals surface area contributed by atoms with Gasteiger partial charge in [-0.2, -0.15) is 0 Å². The van der Waals surface area contributed by atoms with E-state index < -0.39 is 0 Å². The first-order valence-electron chi connectivity index (χ1n) is 10.9. The van der Waals surface area contributed by atoms with Gasteiger partial charge in [0.25, 0.3) is 0 Å². The molecule has 3 aromatic carbocycles. The van der Waals surface area contributed by atoms with Gasteiger partial charge in [0.2, 0.25) is 5.91 Å². The second-order valence-corrected chi connectivity index (χ2v) is 9.11. The number of hydrogen-bond acceptors (Lipinski definition) is 5. The van der Waals surface area contributed by atoms with Crippen molar-refractivity contribution in [3.05, 3.63) is 72.0 Å². The second-order valence-electron chi connectivity index (χ2n) is 8.10. The molecule has 1 amide bonds. The number of nitrogens with one attached hydrogen (secondary N) is 1. The zero-order valence-corrected chi connectivity index (χ0v) is 18.6. The molecule has 2 heterocycles. The molecular weight excluding hydrogens is 423 g/mol. The maximum absolute atomic E-state index is 13.4. The van der Waals surface area contributed by atoms with Crippen LogP contribution >= 0.6 is 11.3 Å². The molecule has 7 heteroatoms. The van der Waals surface area contributed by atoms with Crippen LogP contribution in [0.2, 0.25) is 0 Å². The summed E-state index contributed by atoms with van der Waals surface area (Å²) < 4.78 is 14.3. The Morgan fingerprint density at radius 3 is 2.72 bits per heavy atom. The summed E-state index contributed by atoms with van der Waals surface area (Å²) in [6, 6.07) is 19.0. The van der Waals surface area contributed by atoms with E-state index in [0.717, 1.165) is 64.4 Å². The quantitative estimate of drug-likeness (QED) is 0.483. The van der Waals surface area contributed by atoms with Crippen molar-refractivity contribution >= 4 is 43.4 Å². The average molecular weight is 449 g/mol. The van der Waals surface area contributed by atoms with Crippen LogP contribution in [0, 0.1) is 5.82 Å². The Labute approximate surface area is 190 Å². The fraction of sp³-hybridized carbons (Fsp3) is 0.280. The predicted molar refractivity (Wildman–Crippen MR) is 129 cm³/mol. The van der Waals surface area contributed by atoms with Gasteiger partial charge in [-0.25, -0.2) is 9.37 Å². The van der Waals surface area contributed by atoms with Crippen LogP contribution in [0.15, 0.2) is 60.7 Å². The number of amides is 1. The summed E-state index contributed by atoms with van der Waals surface area (Å²) >= 11 is 1.54. The van der Waals surface area contributed by atoms with Gasteiger partial charge in [0.1, 0.15) is 5.82 Å². The molecule has 1 aliphatic rings. The molecule has 1 aromatic heterocycles. The molecular formula is C25H25FN4OS. The third-order valence-electron chi connectivity index (χ3n) is 5.96. The van der Waals surface area contributed by atoms with E-state index in [0.29, 0.717) is 13.0 Å². The molecule has 0 bridgehead atoms. The fourth-order valence-electron chi connectivity index (χ4n) is 4.22. The SMILES string of the molecule is O=C(Cc1cccc2ccccc12)NCCN1CCN(c2nc3ccc(F)cc3s2)CC1. The van der Waals surface area contributed by atoms with Gasteiger partial charge >= 0.3 is 0 Å². The molecule has 1 saturated heterocycles. The highest BCUT2D eigenvalue weighted by Crippen LogP contribution is 2.29. The summed E-state index contributed by atoms with van der Waals surface area (Å²) in [6.45, 7) is 5.08. The Kier molecular flexibility index (Phi) is 6.01. The summed E-state index contributed by atoms with van der Waals surface area (Å²) in [7, 11) is 0. The number of piperazine rings is 1. The van der Waals surface area contributed by atoms with Crippen molar-refractivity contribution in [1.82, 2.24) is 15.2 Å². The van der Waals surface area contributed by atoms with E-state index in [-0.39, 0.29) is 11.7 Å². The molecule has 1 fully saturated rings. The summed E-state index contributed by atoms with van der Waals surface area (Å²) in [6.07, 6.45) is 0.396. The number of thiazole rings is 1. The summed E-state index contributed by atoms with van der Waals surface area (Å²) in [5.41, 5.74) is 1.91. The lowest BCUT2D eigenvalue weighted by molar-refractivity contribution is -0.120.